The van der Waals surface area contributed by atoms with Gasteiger partial charge >= 0.3 is 0 Å². The zero-order chi connectivity index (χ0) is 17.5. The molecule has 24 heavy (non-hydrogen) atoms. The van der Waals surface area contributed by atoms with Crippen LogP contribution in [0.15, 0.2) is 37.0 Å². The molecule has 2 nitrogen and oxygen atoms in total. The van der Waals surface area contributed by atoms with E-state index in [4.69, 9.17) is 9.47 Å². The molecule has 0 N–H and O–H groups in total. The van der Waals surface area contributed by atoms with Crippen LogP contribution in [0.1, 0.15) is 84.5 Å². The summed E-state index contributed by atoms with van der Waals surface area (Å²) in [6.45, 7) is 8.69. The molecule has 0 aromatic carbocycles. The maximum absolute atomic E-state index is 5.38. The first kappa shape index (κ1) is 21.2. The van der Waals surface area contributed by atoms with E-state index < -0.39 is 0 Å². The van der Waals surface area contributed by atoms with Crippen molar-refractivity contribution in [1.82, 2.24) is 0 Å². The van der Waals surface area contributed by atoms with Gasteiger partial charge in [0.2, 0.25) is 5.79 Å². The van der Waals surface area contributed by atoms with Crippen molar-refractivity contribution in [2.45, 2.75) is 96.4 Å². The van der Waals surface area contributed by atoms with Crippen molar-refractivity contribution in [1.29, 1.82) is 0 Å². The largest absolute Gasteiger partial charge is 0.344 e. The van der Waals surface area contributed by atoms with Crippen molar-refractivity contribution in [2.75, 3.05) is 6.61 Å². The number of rotatable bonds is 13. The number of ether oxygens (including phenoxy) is 2. The van der Waals surface area contributed by atoms with Gasteiger partial charge in [-0.2, -0.15) is 0 Å². The predicted molar refractivity (Wildman–Crippen MR) is 104 cm³/mol. The van der Waals surface area contributed by atoms with Crippen molar-refractivity contribution in [3.05, 3.63) is 37.0 Å². The van der Waals surface area contributed by atoms with Gasteiger partial charge in [0.25, 0.3) is 0 Å². The van der Waals surface area contributed by atoms with Gasteiger partial charge in [-0.1, -0.05) is 82.9 Å². The standard InChI is InChI=1S/C14H28.C8H10O2/c1-3-5-7-9-11-13-14-12-10-8-6-4-2;1-2-9-8-6-4-3-5-7(8)10-8/h3H,1,4-14H2,2H3;3-7H,2H2,1H3. The second-order valence-electron chi connectivity index (χ2n) is 6.70. The third-order valence-corrected chi connectivity index (χ3v) is 4.51. The Labute approximate surface area is 150 Å². The van der Waals surface area contributed by atoms with E-state index in [2.05, 4.69) is 13.5 Å². The molecule has 1 heterocycles. The van der Waals surface area contributed by atoms with E-state index in [-0.39, 0.29) is 11.9 Å². The second kappa shape index (κ2) is 13.4. The maximum Gasteiger partial charge on any atom is 0.219 e. The van der Waals surface area contributed by atoms with E-state index >= 15 is 0 Å². The Bertz CT molecular complexity index is 372. The molecule has 2 rings (SSSR count). The second-order valence-corrected chi connectivity index (χ2v) is 6.70. The Balaban J connectivity index is 0.000000250. The van der Waals surface area contributed by atoms with Gasteiger partial charge in [0.05, 0.1) is 0 Å². The van der Waals surface area contributed by atoms with E-state index in [1.54, 1.807) is 0 Å². The van der Waals surface area contributed by atoms with Crippen LogP contribution >= 0.6 is 0 Å². The van der Waals surface area contributed by atoms with Gasteiger partial charge in [-0.3, -0.25) is 0 Å². The first-order valence-electron chi connectivity index (χ1n) is 10.1. The van der Waals surface area contributed by atoms with Crippen LogP contribution in [0.4, 0.5) is 0 Å². The average molecular weight is 335 g/mol. The van der Waals surface area contributed by atoms with Crippen LogP contribution in [0.5, 0.6) is 0 Å². The lowest BCUT2D eigenvalue weighted by atomic mass is 10.1. The molecule has 0 aromatic heterocycles. The molecule has 0 saturated carbocycles. The lowest BCUT2D eigenvalue weighted by molar-refractivity contribution is -0.000688. The fourth-order valence-electron chi connectivity index (χ4n) is 2.99. The molecule has 0 spiro atoms. The summed E-state index contributed by atoms with van der Waals surface area (Å²) in [5.74, 6) is -0.372. The molecule has 0 amide bonds. The van der Waals surface area contributed by atoms with Gasteiger partial charge in [0, 0.05) is 6.61 Å². The smallest absolute Gasteiger partial charge is 0.219 e. The molecule has 0 radical (unpaired) electrons. The molecule has 1 fully saturated rings. The molecule has 0 aromatic rings. The highest BCUT2D eigenvalue weighted by Gasteiger charge is 2.55. The fourth-order valence-corrected chi connectivity index (χ4v) is 2.99. The van der Waals surface area contributed by atoms with Crippen LogP contribution in [0.2, 0.25) is 0 Å². The number of hydrogen-bond donors (Lipinski definition) is 0. The highest BCUT2D eigenvalue weighted by atomic mass is 16.8. The lowest BCUT2D eigenvalue weighted by Crippen LogP contribution is -2.16. The SMILES string of the molecule is C=CCCCCCCCCCCCC.CCOC12C=CC=CC1O2. The van der Waals surface area contributed by atoms with E-state index in [1.807, 2.05) is 37.3 Å². The minimum Gasteiger partial charge on any atom is -0.344 e. The normalized spacial score (nSPS) is 23.3. The summed E-state index contributed by atoms with van der Waals surface area (Å²) in [6.07, 6.45) is 25.6. The fraction of sp³-hybridized carbons (Fsp3) is 0.727. The summed E-state index contributed by atoms with van der Waals surface area (Å²) in [7, 11) is 0. The molecule has 1 aliphatic heterocycles. The van der Waals surface area contributed by atoms with Crippen LogP contribution in [0, 0.1) is 0 Å². The summed E-state index contributed by atoms with van der Waals surface area (Å²) in [5, 5.41) is 0. The molecule has 2 atom stereocenters. The molecular formula is C22H38O2. The third-order valence-electron chi connectivity index (χ3n) is 4.51. The molecule has 138 valence electrons. The van der Waals surface area contributed by atoms with Crippen molar-refractivity contribution < 1.29 is 9.47 Å². The molecule has 2 heteroatoms. The van der Waals surface area contributed by atoms with Gasteiger partial charge < -0.3 is 9.47 Å². The minimum atomic E-state index is -0.372. The molecule has 2 aliphatic rings. The van der Waals surface area contributed by atoms with Crippen molar-refractivity contribution in [2.24, 2.45) is 0 Å². The predicted octanol–water partition coefficient (Wildman–Crippen LogP) is 6.73. The Morgan fingerprint density at radius 2 is 1.58 bits per heavy atom. The third kappa shape index (κ3) is 8.84. The van der Waals surface area contributed by atoms with Crippen LogP contribution in [-0.4, -0.2) is 18.5 Å². The minimum absolute atomic E-state index is 0.178. The lowest BCUT2D eigenvalue weighted by Gasteiger charge is -2.07. The summed E-state index contributed by atoms with van der Waals surface area (Å²) < 4.78 is 10.7. The van der Waals surface area contributed by atoms with Crippen LogP contribution in [0.25, 0.3) is 0 Å². The first-order valence-corrected chi connectivity index (χ1v) is 10.1. The van der Waals surface area contributed by atoms with Gasteiger partial charge in [-0.15, -0.1) is 6.58 Å². The number of fused-ring (bicyclic) bond motifs is 1. The van der Waals surface area contributed by atoms with Gasteiger partial charge in [0.1, 0.15) is 6.10 Å². The molecule has 1 saturated heterocycles. The summed E-state index contributed by atoms with van der Waals surface area (Å²) >= 11 is 0. The Hall–Kier alpha value is -0.860. The number of hydrogen-bond acceptors (Lipinski definition) is 2. The number of unbranched alkanes of at least 4 members (excludes halogenated alkanes) is 10. The average Bonchev–Trinajstić information content (AvgIpc) is 3.32. The summed E-state index contributed by atoms with van der Waals surface area (Å²) in [6, 6.07) is 0. The van der Waals surface area contributed by atoms with Gasteiger partial charge in [-0.25, -0.2) is 0 Å². The van der Waals surface area contributed by atoms with Crippen molar-refractivity contribution in [3.63, 3.8) is 0 Å². The maximum atomic E-state index is 5.38. The Morgan fingerprint density at radius 3 is 2.12 bits per heavy atom. The summed E-state index contributed by atoms with van der Waals surface area (Å²) in [5.41, 5.74) is 0. The van der Waals surface area contributed by atoms with Gasteiger partial charge in [-0.05, 0) is 31.9 Å². The first-order chi connectivity index (χ1) is 11.8. The summed E-state index contributed by atoms with van der Waals surface area (Å²) in [4.78, 5) is 0. The monoisotopic (exact) mass is 334 g/mol. The highest BCUT2D eigenvalue weighted by Crippen LogP contribution is 2.41. The number of epoxide rings is 1. The molecule has 0 bridgehead atoms. The van der Waals surface area contributed by atoms with E-state index in [9.17, 15) is 0 Å². The Kier molecular flexibility index (Phi) is 11.9. The molecular weight excluding hydrogens is 296 g/mol. The van der Waals surface area contributed by atoms with Crippen molar-refractivity contribution >= 4 is 0 Å². The molecule has 1 aliphatic carbocycles. The van der Waals surface area contributed by atoms with Crippen LogP contribution in [0.3, 0.4) is 0 Å². The zero-order valence-corrected chi connectivity index (χ0v) is 16.0. The van der Waals surface area contributed by atoms with E-state index in [0.717, 1.165) is 0 Å². The van der Waals surface area contributed by atoms with E-state index in [1.165, 1.54) is 70.6 Å². The molecule has 2 unspecified atom stereocenters. The number of allylic oxidation sites excluding steroid dienone is 3. The Morgan fingerprint density at radius 1 is 0.958 bits per heavy atom. The quantitative estimate of drug-likeness (QED) is 0.212. The van der Waals surface area contributed by atoms with Crippen molar-refractivity contribution in [3.8, 4) is 0 Å². The van der Waals surface area contributed by atoms with Crippen LogP contribution < -0.4 is 0 Å². The van der Waals surface area contributed by atoms with Gasteiger partial charge in [0.15, 0.2) is 0 Å². The van der Waals surface area contributed by atoms with Crippen LogP contribution in [-0.2, 0) is 9.47 Å². The zero-order valence-electron chi connectivity index (χ0n) is 16.0. The van der Waals surface area contributed by atoms with E-state index in [0.29, 0.717) is 6.61 Å². The highest BCUT2D eigenvalue weighted by molar-refractivity contribution is 5.27. The topological polar surface area (TPSA) is 21.8 Å².